The zero-order valence-corrected chi connectivity index (χ0v) is 13.4. The summed E-state index contributed by atoms with van der Waals surface area (Å²) in [5.41, 5.74) is 9.70. The van der Waals surface area contributed by atoms with Crippen LogP contribution in [0.1, 0.15) is 5.56 Å². The first kappa shape index (κ1) is 16.4. The fourth-order valence-corrected chi connectivity index (χ4v) is 2.71. The van der Waals surface area contributed by atoms with Gasteiger partial charge in [-0.25, -0.2) is 4.39 Å². The van der Waals surface area contributed by atoms with E-state index in [1.54, 1.807) is 6.07 Å². The van der Waals surface area contributed by atoms with Crippen molar-refractivity contribution in [2.75, 3.05) is 13.2 Å². The Labute approximate surface area is 141 Å². The summed E-state index contributed by atoms with van der Waals surface area (Å²) in [5, 5.41) is 0. The normalized spacial score (nSPS) is 10.8. The van der Waals surface area contributed by atoms with E-state index in [0.29, 0.717) is 18.7 Å². The van der Waals surface area contributed by atoms with Crippen LogP contribution >= 0.6 is 0 Å². The van der Waals surface area contributed by atoms with E-state index >= 15 is 0 Å². The number of hydrogen-bond donors (Lipinski definition) is 1. The molecule has 0 bridgehead atoms. The predicted molar refractivity (Wildman–Crippen MR) is 96.0 cm³/mol. The van der Waals surface area contributed by atoms with Crippen molar-refractivity contribution in [3.8, 4) is 22.3 Å². The van der Waals surface area contributed by atoms with Crippen LogP contribution in [0, 0.1) is 5.82 Å². The van der Waals surface area contributed by atoms with Crippen molar-refractivity contribution in [1.29, 1.82) is 0 Å². The van der Waals surface area contributed by atoms with Crippen LogP contribution in [-0.4, -0.2) is 13.2 Å². The molecule has 0 fully saturated rings. The van der Waals surface area contributed by atoms with Crippen LogP contribution in [0.5, 0.6) is 0 Å². The maximum absolute atomic E-state index is 14.8. The average molecular weight is 321 g/mol. The van der Waals surface area contributed by atoms with Gasteiger partial charge in [0.25, 0.3) is 0 Å². The minimum absolute atomic E-state index is 0.211. The number of rotatable bonds is 6. The topological polar surface area (TPSA) is 35.2 Å². The van der Waals surface area contributed by atoms with Crippen LogP contribution in [0.3, 0.4) is 0 Å². The monoisotopic (exact) mass is 321 g/mol. The molecule has 2 N–H and O–H groups in total. The standard InChI is InChI=1S/C21H20FNO/c22-21-14-18(16-7-3-1-4-8-16)13-19(17-9-5-2-6-10-17)20(21)15-24-12-11-23/h1-10,13-14H,11-12,15,23H2. The Morgan fingerprint density at radius 2 is 1.42 bits per heavy atom. The third-order valence-corrected chi connectivity index (χ3v) is 3.90. The van der Waals surface area contributed by atoms with Crippen molar-refractivity contribution < 1.29 is 9.13 Å². The summed E-state index contributed by atoms with van der Waals surface area (Å²) in [5.74, 6) is -0.257. The van der Waals surface area contributed by atoms with E-state index in [4.69, 9.17) is 10.5 Å². The Morgan fingerprint density at radius 1 is 0.792 bits per heavy atom. The van der Waals surface area contributed by atoms with Gasteiger partial charge in [0, 0.05) is 12.1 Å². The van der Waals surface area contributed by atoms with Gasteiger partial charge in [-0.2, -0.15) is 0 Å². The lowest BCUT2D eigenvalue weighted by Gasteiger charge is -2.14. The first-order chi connectivity index (χ1) is 11.8. The second kappa shape index (κ2) is 7.86. The Kier molecular flexibility index (Phi) is 5.36. The zero-order chi connectivity index (χ0) is 16.8. The summed E-state index contributed by atoms with van der Waals surface area (Å²) in [7, 11) is 0. The second-order valence-electron chi connectivity index (χ2n) is 5.56. The summed E-state index contributed by atoms with van der Waals surface area (Å²) in [4.78, 5) is 0. The van der Waals surface area contributed by atoms with Crippen molar-refractivity contribution in [1.82, 2.24) is 0 Å². The van der Waals surface area contributed by atoms with Crippen LogP contribution in [-0.2, 0) is 11.3 Å². The number of benzene rings is 3. The molecule has 0 radical (unpaired) electrons. The summed E-state index contributed by atoms with van der Waals surface area (Å²) >= 11 is 0. The molecule has 0 aliphatic heterocycles. The predicted octanol–water partition coefficient (Wildman–Crippen LogP) is 4.64. The first-order valence-corrected chi connectivity index (χ1v) is 8.00. The second-order valence-corrected chi connectivity index (χ2v) is 5.56. The van der Waals surface area contributed by atoms with Gasteiger partial charge in [0.05, 0.1) is 13.2 Å². The smallest absolute Gasteiger partial charge is 0.129 e. The van der Waals surface area contributed by atoms with Crippen LogP contribution in [0.2, 0.25) is 0 Å². The largest absolute Gasteiger partial charge is 0.375 e. The minimum Gasteiger partial charge on any atom is -0.375 e. The van der Waals surface area contributed by atoms with Gasteiger partial charge in [-0.3, -0.25) is 0 Å². The molecular weight excluding hydrogens is 301 g/mol. The van der Waals surface area contributed by atoms with Gasteiger partial charge in [-0.1, -0.05) is 60.7 Å². The van der Waals surface area contributed by atoms with Crippen molar-refractivity contribution in [2.24, 2.45) is 5.73 Å². The molecule has 3 heteroatoms. The maximum atomic E-state index is 14.8. The fourth-order valence-electron chi connectivity index (χ4n) is 2.71. The Hall–Kier alpha value is -2.49. The molecule has 0 aliphatic rings. The molecule has 0 aromatic heterocycles. The lowest BCUT2D eigenvalue weighted by atomic mass is 9.94. The number of halogens is 1. The maximum Gasteiger partial charge on any atom is 0.129 e. The molecule has 0 saturated carbocycles. The molecule has 0 saturated heterocycles. The van der Waals surface area contributed by atoms with Crippen LogP contribution in [0.25, 0.3) is 22.3 Å². The third kappa shape index (κ3) is 3.70. The van der Waals surface area contributed by atoms with Gasteiger partial charge >= 0.3 is 0 Å². The van der Waals surface area contributed by atoms with E-state index in [9.17, 15) is 4.39 Å². The molecule has 2 nitrogen and oxygen atoms in total. The molecule has 0 unspecified atom stereocenters. The van der Waals surface area contributed by atoms with Crippen molar-refractivity contribution >= 4 is 0 Å². The van der Waals surface area contributed by atoms with E-state index in [0.717, 1.165) is 22.3 Å². The molecule has 0 aliphatic carbocycles. The van der Waals surface area contributed by atoms with Crippen LogP contribution in [0.4, 0.5) is 4.39 Å². The molecule has 3 aromatic carbocycles. The molecule has 0 heterocycles. The highest BCUT2D eigenvalue weighted by Gasteiger charge is 2.14. The fraction of sp³-hybridized carbons (Fsp3) is 0.143. The van der Waals surface area contributed by atoms with Gasteiger partial charge in [-0.15, -0.1) is 0 Å². The van der Waals surface area contributed by atoms with E-state index in [1.165, 1.54) is 0 Å². The van der Waals surface area contributed by atoms with Crippen molar-refractivity contribution in [3.63, 3.8) is 0 Å². The lowest BCUT2D eigenvalue weighted by molar-refractivity contribution is 0.126. The zero-order valence-electron chi connectivity index (χ0n) is 13.4. The SMILES string of the molecule is NCCOCc1c(F)cc(-c2ccccc2)cc1-c1ccccc1. The Morgan fingerprint density at radius 3 is 2.04 bits per heavy atom. The Bertz CT molecular complexity index is 788. The molecule has 0 spiro atoms. The van der Waals surface area contributed by atoms with Gasteiger partial charge in [-0.05, 0) is 34.4 Å². The molecule has 24 heavy (non-hydrogen) atoms. The van der Waals surface area contributed by atoms with Crippen molar-refractivity contribution in [3.05, 3.63) is 84.2 Å². The summed E-state index contributed by atoms with van der Waals surface area (Å²) in [6.07, 6.45) is 0. The first-order valence-electron chi connectivity index (χ1n) is 8.00. The summed E-state index contributed by atoms with van der Waals surface area (Å²) < 4.78 is 20.3. The van der Waals surface area contributed by atoms with Gasteiger partial charge < -0.3 is 10.5 Å². The van der Waals surface area contributed by atoms with E-state index in [-0.39, 0.29) is 12.4 Å². The molecular formula is C21H20FNO. The number of hydrogen-bond acceptors (Lipinski definition) is 2. The van der Waals surface area contributed by atoms with Gasteiger partial charge in [0.2, 0.25) is 0 Å². The van der Waals surface area contributed by atoms with Crippen LogP contribution in [0.15, 0.2) is 72.8 Å². The number of nitrogens with two attached hydrogens (primary N) is 1. The highest BCUT2D eigenvalue weighted by atomic mass is 19.1. The summed E-state index contributed by atoms with van der Waals surface area (Å²) in [6, 6.07) is 23.2. The molecule has 0 amide bonds. The molecule has 122 valence electrons. The van der Waals surface area contributed by atoms with E-state index < -0.39 is 0 Å². The third-order valence-electron chi connectivity index (χ3n) is 3.90. The number of ether oxygens (including phenoxy) is 1. The highest BCUT2D eigenvalue weighted by Crippen LogP contribution is 2.32. The quantitative estimate of drug-likeness (QED) is 0.672. The molecule has 0 atom stereocenters. The highest BCUT2D eigenvalue weighted by molar-refractivity contribution is 5.75. The van der Waals surface area contributed by atoms with Crippen LogP contribution < -0.4 is 5.73 Å². The lowest BCUT2D eigenvalue weighted by Crippen LogP contribution is -2.09. The summed E-state index contributed by atoms with van der Waals surface area (Å²) in [6.45, 7) is 1.04. The van der Waals surface area contributed by atoms with E-state index in [1.807, 2.05) is 66.7 Å². The molecule has 3 aromatic rings. The molecule has 3 rings (SSSR count). The van der Waals surface area contributed by atoms with E-state index in [2.05, 4.69) is 0 Å². The average Bonchev–Trinajstić information content (AvgIpc) is 2.64. The minimum atomic E-state index is -0.257. The van der Waals surface area contributed by atoms with Crippen molar-refractivity contribution in [2.45, 2.75) is 6.61 Å². The van der Waals surface area contributed by atoms with Gasteiger partial charge in [0.15, 0.2) is 0 Å². The Balaban J connectivity index is 2.09. The van der Waals surface area contributed by atoms with Gasteiger partial charge in [0.1, 0.15) is 5.82 Å².